The Hall–Kier alpha value is -2.26. The van der Waals surface area contributed by atoms with Crippen molar-refractivity contribution in [1.82, 2.24) is 4.90 Å². The first kappa shape index (κ1) is 17.2. The van der Waals surface area contributed by atoms with Crippen LogP contribution in [-0.2, 0) is 0 Å². The molecule has 1 aliphatic heterocycles. The molecular formula is C23H23NOS. The highest BCUT2D eigenvalue weighted by molar-refractivity contribution is 7.99. The molecule has 1 amide bonds. The molecule has 1 heterocycles. The van der Waals surface area contributed by atoms with Gasteiger partial charge < -0.3 is 4.90 Å². The van der Waals surface area contributed by atoms with Crippen molar-refractivity contribution in [2.45, 2.75) is 18.6 Å². The summed E-state index contributed by atoms with van der Waals surface area (Å²) in [6.45, 7) is 3.81. The third kappa shape index (κ3) is 3.36. The van der Waals surface area contributed by atoms with Crippen molar-refractivity contribution in [2.24, 2.45) is 0 Å². The number of aryl methyl sites for hydroxylation is 1. The quantitative estimate of drug-likeness (QED) is 0.603. The molecule has 1 saturated heterocycles. The smallest absolute Gasteiger partial charge is 0.254 e. The molecule has 0 spiro atoms. The normalized spacial score (nSPS) is 17.9. The molecular weight excluding hydrogens is 338 g/mol. The van der Waals surface area contributed by atoms with Crippen LogP contribution in [0.5, 0.6) is 0 Å². The van der Waals surface area contributed by atoms with Gasteiger partial charge in [-0.2, -0.15) is 11.8 Å². The number of amides is 1. The number of carbonyl (C=O) groups excluding carboxylic acids is 1. The van der Waals surface area contributed by atoms with Crippen LogP contribution in [0.4, 0.5) is 0 Å². The zero-order valence-corrected chi connectivity index (χ0v) is 15.8. The predicted octanol–water partition coefficient (Wildman–Crippen LogP) is 5.47. The Balaban J connectivity index is 1.55. The van der Waals surface area contributed by atoms with Gasteiger partial charge in [-0.15, -0.1) is 0 Å². The molecule has 0 N–H and O–H groups in total. The molecule has 1 unspecified atom stereocenters. The highest BCUT2D eigenvalue weighted by atomic mass is 32.2. The van der Waals surface area contributed by atoms with Gasteiger partial charge in [-0.25, -0.2) is 0 Å². The Morgan fingerprint density at radius 1 is 0.962 bits per heavy atom. The van der Waals surface area contributed by atoms with Crippen LogP contribution in [0.2, 0.25) is 0 Å². The van der Waals surface area contributed by atoms with Crippen molar-refractivity contribution >= 4 is 28.4 Å². The minimum atomic E-state index is 0.160. The van der Waals surface area contributed by atoms with Crippen molar-refractivity contribution in [3.63, 3.8) is 0 Å². The van der Waals surface area contributed by atoms with Crippen LogP contribution in [0.3, 0.4) is 0 Å². The number of hydrogen-bond acceptors (Lipinski definition) is 2. The molecule has 0 bridgehead atoms. The molecule has 3 aromatic rings. The maximum Gasteiger partial charge on any atom is 0.254 e. The van der Waals surface area contributed by atoms with E-state index in [1.807, 2.05) is 47.0 Å². The second kappa shape index (κ2) is 7.55. The lowest BCUT2D eigenvalue weighted by molar-refractivity contribution is 0.0768. The fourth-order valence-electron chi connectivity index (χ4n) is 3.75. The molecule has 2 nitrogen and oxygen atoms in total. The molecule has 3 aromatic carbocycles. The molecule has 0 radical (unpaired) electrons. The van der Waals surface area contributed by atoms with E-state index in [1.54, 1.807) is 0 Å². The van der Waals surface area contributed by atoms with Crippen LogP contribution in [0.15, 0.2) is 66.7 Å². The Kier molecular flexibility index (Phi) is 4.98. The SMILES string of the molecule is Cc1ccccc1C1CCN(C(=O)c2cccc3ccccc23)CCS1. The fourth-order valence-corrected chi connectivity index (χ4v) is 5.08. The summed E-state index contributed by atoms with van der Waals surface area (Å²) in [5, 5.41) is 2.65. The van der Waals surface area contributed by atoms with E-state index in [9.17, 15) is 4.79 Å². The van der Waals surface area contributed by atoms with Crippen molar-refractivity contribution < 1.29 is 4.79 Å². The first-order valence-electron chi connectivity index (χ1n) is 9.18. The molecule has 0 aliphatic carbocycles. The topological polar surface area (TPSA) is 20.3 Å². The van der Waals surface area contributed by atoms with E-state index in [4.69, 9.17) is 0 Å². The van der Waals surface area contributed by atoms with Crippen LogP contribution in [0.25, 0.3) is 10.8 Å². The van der Waals surface area contributed by atoms with E-state index in [-0.39, 0.29) is 5.91 Å². The molecule has 1 fully saturated rings. The van der Waals surface area contributed by atoms with Crippen LogP contribution >= 0.6 is 11.8 Å². The number of fused-ring (bicyclic) bond motifs is 1. The van der Waals surface area contributed by atoms with Gasteiger partial charge in [0.2, 0.25) is 0 Å². The van der Waals surface area contributed by atoms with Gasteiger partial charge in [0.25, 0.3) is 5.91 Å². The number of nitrogens with zero attached hydrogens (tertiary/aromatic N) is 1. The van der Waals surface area contributed by atoms with E-state index in [0.717, 1.165) is 41.6 Å². The Bertz CT molecular complexity index is 931. The van der Waals surface area contributed by atoms with Crippen molar-refractivity contribution in [2.75, 3.05) is 18.8 Å². The first-order chi connectivity index (χ1) is 12.7. The number of carbonyl (C=O) groups is 1. The van der Waals surface area contributed by atoms with Gasteiger partial charge in [-0.3, -0.25) is 4.79 Å². The number of benzene rings is 3. The predicted molar refractivity (Wildman–Crippen MR) is 111 cm³/mol. The molecule has 3 heteroatoms. The molecule has 132 valence electrons. The standard InChI is InChI=1S/C23H23NOS/c1-17-7-2-4-10-19(17)22-13-14-24(15-16-26-22)23(25)21-12-6-9-18-8-3-5-11-20(18)21/h2-12,22H,13-16H2,1H3. The van der Waals surface area contributed by atoms with Crippen molar-refractivity contribution in [3.05, 3.63) is 83.4 Å². The van der Waals surface area contributed by atoms with Crippen LogP contribution < -0.4 is 0 Å². The molecule has 1 aliphatic rings. The Labute approximate surface area is 159 Å². The van der Waals surface area contributed by atoms with E-state index in [1.165, 1.54) is 11.1 Å². The van der Waals surface area contributed by atoms with Gasteiger partial charge in [0, 0.05) is 29.7 Å². The van der Waals surface area contributed by atoms with Crippen LogP contribution in [0, 0.1) is 6.92 Å². The maximum absolute atomic E-state index is 13.2. The second-order valence-electron chi connectivity index (χ2n) is 6.82. The summed E-state index contributed by atoms with van der Waals surface area (Å²) in [4.78, 5) is 15.2. The average Bonchev–Trinajstić information content (AvgIpc) is 2.93. The summed E-state index contributed by atoms with van der Waals surface area (Å²) >= 11 is 1.98. The van der Waals surface area contributed by atoms with Gasteiger partial charge in [-0.1, -0.05) is 60.7 Å². The van der Waals surface area contributed by atoms with Crippen molar-refractivity contribution in [3.8, 4) is 0 Å². The second-order valence-corrected chi connectivity index (χ2v) is 8.13. The van der Waals surface area contributed by atoms with Gasteiger partial charge in [0.05, 0.1) is 0 Å². The Morgan fingerprint density at radius 3 is 2.62 bits per heavy atom. The monoisotopic (exact) mass is 361 g/mol. The highest BCUT2D eigenvalue weighted by Gasteiger charge is 2.24. The Morgan fingerprint density at radius 2 is 1.73 bits per heavy atom. The van der Waals surface area contributed by atoms with Crippen LogP contribution in [0.1, 0.15) is 33.2 Å². The zero-order chi connectivity index (χ0) is 17.9. The summed E-state index contributed by atoms with van der Waals surface area (Å²) < 4.78 is 0. The summed E-state index contributed by atoms with van der Waals surface area (Å²) in [5.41, 5.74) is 3.58. The van der Waals surface area contributed by atoms with E-state index >= 15 is 0 Å². The molecule has 26 heavy (non-hydrogen) atoms. The minimum Gasteiger partial charge on any atom is -0.338 e. The van der Waals surface area contributed by atoms with Crippen molar-refractivity contribution in [1.29, 1.82) is 0 Å². The largest absolute Gasteiger partial charge is 0.338 e. The van der Waals surface area contributed by atoms with Gasteiger partial charge in [0.1, 0.15) is 0 Å². The van der Waals surface area contributed by atoms with E-state index in [2.05, 4.69) is 43.3 Å². The lowest BCUT2D eigenvalue weighted by atomic mass is 10.0. The summed E-state index contributed by atoms with van der Waals surface area (Å²) in [6.07, 6.45) is 1.01. The third-order valence-corrected chi connectivity index (χ3v) is 6.49. The summed E-state index contributed by atoms with van der Waals surface area (Å²) in [7, 11) is 0. The van der Waals surface area contributed by atoms with Gasteiger partial charge in [0.15, 0.2) is 0 Å². The van der Waals surface area contributed by atoms with Gasteiger partial charge >= 0.3 is 0 Å². The highest BCUT2D eigenvalue weighted by Crippen LogP contribution is 2.36. The summed E-state index contributed by atoms with van der Waals surface area (Å²) in [6, 6.07) is 22.8. The molecule has 4 rings (SSSR count). The number of thioether (sulfide) groups is 1. The van der Waals surface area contributed by atoms with E-state index in [0.29, 0.717) is 5.25 Å². The zero-order valence-electron chi connectivity index (χ0n) is 15.0. The maximum atomic E-state index is 13.2. The van der Waals surface area contributed by atoms with E-state index < -0.39 is 0 Å². The lowest BCUT2D eigenvalue weighted by Gasteiger charge is -2.21. The first-order valence-corrected chi connectivity index (χ1v) is 10.2. The number of hydrogen-bond donors (Lipinski definition) is 0. The molecule has 0 saturated carbocycles. The number of rotatable bonds is 2. The molecule has 1 atom stereocenters. The lowest BCUT2D eigenvalue weighted by Crippen LogP contribution is -2.33. The fraction of sp³-hybridized carbons (Fsp3) is 0.261. The molecule has 0 aromatic heterocycles. The van der Waals surface area contributed by atoms with Crippen LogP contribution in [-0.4, -0.2) is 29.6 Å². The third-order valence-electron chi connectivity index (χ3n) is 5.18. The average molecular weight is 362 g/mol. The summed E-state index contributed by atoms with van der Waals surface area (Å²) in [5.74, 6) is 1.14. The van der Waals surface area contributed by atoms with Gasteiger partial charge in [-0.05, 0) is 41.3 Å². The minimum absolute atomic E-state index is 0.160.